The Balaban J connectivity index is 2.05. The van der Waals surface area contributed by atoms with Gasteiger partial charge in [-0.1, -0.05) is 13.8 Å². The van der Waals surface area contributed by atoms with Crippen LogP contribution in [-0.2, 0) is 57.0 Å². The number of nitrogens with two attached hydrogens (primary N) is 4. The van der Waals surface area contributed by atoms with Crippen LogP contribution < -0.4 is 28.3 Å². The van der Waals surface area contributed by atoms with Crippen molar-refractivity contribution in [3.05, 3.63) is 23.7 Å². The molecule has 0 saturated heterocycles. The standard InChI is InChI=1S/C46H82N10O20/c1-6-14-68-18-20-71-22-23-72-21-19-70-17-13-56(12-16-69-15-11-55(5)46(67)75-38(32(60)26-57)37-28(2)30(52-43(47)48)24-34(73-37)41(62)63)10-8-7-9-54(4)45(66)76-39(33(61)27-58)40-36(51-29(3)59)31(53-44(49)50)25-35(74-40)42(64)65/h24-25,28,30-33,36-40,57-58,60-61H,6-23,26-27H2,1-5H3,(H,51,59)(H,62,63)(H,64,65)(H4,47,48,52)(H4,49,50,53)/t28-,30+,31+,32-,33-,36-,37-,38-,39?,40-/m1/s1. The van der Waals surface area contributed by atoms with Crippen molar-refractivity contribution in [3.8, 4) is 0 Å². The van der Waals surface area contributed by atoms with E-state index in [1.54, 1.807) is 6.92 Å². The van der Waals surface area contributed by atoms with Crippen molar-refractivity contribution in [1.29, 1.82) is 0 Å². The van der Waals surface area contributed by atoms with E-state index < -0.39 is 121 Å². The number of rotatable bonds is 38. The third kappa shape index (κ3) is 24.4. The number of aliphatic carboxylic acids is 2. The van der Waals surface area contributed by atoms with Crippen LogP contribution in [0.3, 0.4) is 0 Å². The molecule has 0 radical (unpaired) electrons. The van der Waals surface area contributed by atoms with Crippen LogP contribution in [0.5, 0.6) is 0 Å². The van der Waals surface area contributed by atoms with Gasteiger partial charge in [0.25, 0.3) is 0 Å². The smallest absolute Gasteiger partial charge is 0.410 e. The van der Waals surface area contributed by atoms with Crippen LogP contribution in [0.2, 0.25) is 0 Å². The van der Waals surface area contributed by atoms with Gasteiger partial charge in [-0.15, -0.1) is 0 Å². The van der Waals surface area contributed by atoms with Crippen molar-refractivity contribution >= 4 is 42.0 Å². The van der Waals surface area contributed by atoms with Crippen molar-refractivity contribution < 1.29 is 97.2 Å². The van der Waals surface area contributed by atoms with E-state index in [-0.39, 0.29) is 32.3 Å². The Morgan fingerprint density at radius 3 is 1.51 bits per heavy atom. The van der Waals surface area contributed by atoms with Gasteiger partial charge in [0.15, 0.2) is 30.2 Å². The maximum Gasteiger partial charge on any atom is 0.410 e. The molecule has 2 rings (SSSR count). The molecule has 0 aromatic heterocycles. The van der Waals surface area contributed by atoms with Crippen LogP contribution in [0.4, 0.5) is 9.59 Å². The number of carboxylic acid groups (broad SMARTS) is 2. The van der Waals surface area contributed by atoms with Gasteiger partial charge in [0.1, 0.15) is 18.3 Å². The lowest BCUT2D eigenvalue weighted by atomic mass is 9.87. The lowest BCUT2D eigenvalue weighted by Crippen LogP contribution is -2.61. The van der Waals surface area contributed by atoms with E-state index in [2.05, 4.69) is 20.2 Å². The molecule has 0 saturated carbocycles. The van der Waals surface area contributed by atoms with Gasteiger partial charge >= 0.3 is 24.1 Å². The van der Waals surface area contributed by atoms with E-state index in [1.807, 2.05) is 6.92 Å². The van der Waals surface area contributed by atoms with Gasteiger partial charge in [-0.3, -0.25) is 9.69 Å². The second-order valence-electron chi connectivity index (χ2n) is 17.7. The zero-order valence-electron chi connectivity index (χ0n) is 44.0. The maximum atomic E-state index is 13.5. The minimum Gasteiger partial charge on any atom is -0.479 e. The maximum absolute atomic E-state index is 13.5. The van der Waals surface area contributed by atoms with E-state index in [9.17, 15) is 54.6 Å². The number of aliphatic hydroxyl groups excluding tert-OH is 4. The first-order chi connectivity index (χ1) is 36.1. The highest BCUT2D eigenvalue weighted by atomic mass is 16.6. The van der Waals surface area contributed by atoms with Gasteiger partial charge in [0.2, 0.25) is 17.4 Å². The van der Waals surface area contributed by atoms with E-state index in [0.29, 0.717) is 85.3 Å². The van der Waals surface area contributed by atoms with Crippen molar-refractivity contribution in [2.45, 2.75) is 94.8 Å². The molecule has 0 bridgehead atoms. The third-order valence-electron chi connectivity index (χ3n) is 11.6. The van der Waals surface area contributed by atoms with Crippen LogP contribution >= 0.6 is 0 Å². The summed E-state index contributed by atoms with van der Waals surface area (Å²) in [6.45, 7) is 8.26. The predicted octanol–water partition coefficient (Wildman–Crippen LogP) is -3.70. The molecule has 0 fully saturated rings. The number of nitrogens with zero attached hydrogens (tertiary/aromatic N) is 5. The summed E-state index contributed by atoms with van der Waals surface area (Å²) in [6.07, 6.45) is -7.33. The van der Waals surface area contributed by atoms with Gasteiger partial charge in [-0.25, -0.2) is 29.2 Å². The zero-order valence-corrected chi connectivity index (χ0v) is 44.0. The first-order valence-corrected chi connectivity index (χ1v) is 24.9. The van der Waals surface area contributed by atoms with Gasteiger partial charge in [-0.2, -0.15) is 0 Å². The van der Waals surface area contributed by atoms with E-state index >= 15 is 0 Å². The molecule has 0 spiro atoms. The number of nitrogens with one attached hydrogen (secondary N) is 1. The van der Waals surface area contributed by atoms with Gasteiger partial charge in [0.05, 0.1) is 90.8 Å². The third-order valence-corrected chi connectivity index (χ3v) is 11.6. The quantitative estimate of drug-likeness (QED) is 0.0161. The number of carbonyl (C=O) groups is 5. The second kappa shape index (κ2) is 36.2. The Hall–Kier alpha value is -5.83. The number of carbonyl (C=O) groups excluding carboxylic acids is 3. The largest absolute Gasteiger partial charge is 0.479 e. The molecule has 10 atom stereocenters. The Bertz CT molecular complexity index is 1890. The number of guanidine groups is 2. The number of aliphatic imine (C=N–C) groups is 2. The van der Waals surface area contributed by atoms with Crippen molar-refractivity contribution in [2.75, 3.05) is 126 Å². The fourth-order valence-electron chi connectivity index (χ4n) is 7.56. The molecular weight excluding hydrogens is 1010 g/mol. The molecule has 30 heteroatoms. The van der Waals surface area contributed by atoms with Crippen LogP contribution in [0, 0.1) is 5.92 Å². The summed E-state index contributed by atoms with van der Waals surface area (Å²) < 4.78 is 50.6. The summed E-state index contributed by atoms with van der Waals surface area (Å²) in [5.74, 6) is -6.31. The lowest BCUT2D eigenvalue weighted by Gasteiger charge is -2.40. The molecule has 2 aliphatic rings. The monoisotopic (exact) mass is 1090 g/mol. The highest BCUT2D eigenvalue weighted by molar-refractivity contribution is 5.86. The number of hydrogen-bond donors (Lipinski definition) is 11. The minimum atomic E-state index is -1.80. The van der Waals surface area contributed by atoms with Crippen LogP contribution in [0.15, 0.2) is 33.7 Å². The summed E-state index contributed by atoms with van der Waals surface area (Å²) in [7, 11) is 2.85. The number of unbranched alkanes of at least 4 members (excludes halogenated alkanes) is 1. The predicted molar refractivity (Wildman–Crippen MR) is 269 cm³/mol. The van der Waals surface area contributed by atoms with Gasteiger partial charge in [0, 0.05) is 59.7 Å². The summed E-state index contributed by atoms with van der Waals surface area (Å²) in [4.78, 5) is 75.3. The number of carboxylic acids is 2. The molecule has 15 N–H and O–H groups in total. The number of aliphatic hydroxyl groups is 4. The van der Waals surface area contributed by atoms with Gasteiger partial charge in [-0.05, 0) is 38.0 Å². The Morgan fingerprint density at radius 1 is 0.632 bits per heavy atom. The Morgan fingerprint density at radius 2 is 1.04 bits per heavy atom. The van der Waals surface area contributed by atoms with Crippen molar-refractivity contribution in [2.24, 2.45) is 38.8 Å². The molecular formula is C46H82N10O20. The molecule has 1 unspecified atom stereocenters. The number of ether oxygens (including phenoxy) is 9. The zero-order chi connectivity index (χ0) is 56.7. The van der Waals surface area contributed by atoms with Crippen LogP contribution in [0.25, 0.3) is 0 Å². The fraction of sp³-hybridized carbons (Fsp3) is 0.761. The number of likely N-dealkylation sites (N-methyl/N-ethyl adjacent to an activating group) is 1. The SMILES string of the molecule is CCCOCCOCCOCCOCCN(CCCCN(C)C(=O)OC([C@H](O)CO)[C@@H]1OC(C(=O)O)=C[C@H](N=C(N)N)[C@H]1NC(C)=O)CCOCCN(C)C(=O)O[C@@H]([C@@H]1OC(C(=O)O)=C[C@H](N=C(N)N)[C@H]1C)[C@H](O)CO. The summed E-state index contributed by atoms with van der Waals surface area (Å²) in [6, 6.07) is -3.40. The Kier molecular flexibility index (Phi) is 31.6. The molecule has 0 aromatic carbocycles. The molecule has 30 nitrogen and oxygen atoms in total. The molecule has 436 valence electrons. The minimum absolute atomic E-state index is 0.0210. The molecule has 0 aliphatic carbocycles. The fourth-order valence-corrected chi connectivity index (χ4v) is 7.56. The molecule has 76 heavy (non-hydrogen) atoms. The topological polar surface area (TPSA) is 440 Å². The van der Waals surface area contributed by atoms with Crippen LogP contribution in [-0.4, -0.2) is 268 Å². The normalized spacial score (nSPS) is 20.8. The Labute approximate surface area is 441 Å². The first-order valence-electron chi connectivity index (χ1n) is 24.9. The highest BCUT2D eigenvalue weighted by Gasteiger charge is 2.47. The molecule has 2 heterocycles. The van der Waals surface area contributed by atoms with E-state index in [4.69, 9.17) is 65.6 Å². The average Bonchev–Trinajstić information content (AvgIpc) is 3.36. The summed E-state index contributed by atoms with van der Waals surface area (Å²) in [5, 5.41) is 63.2. The first kappa shape index (κ1) is 66.3. The number of hydrogen-bond acceptors (Lipinski definition) is 21. The summed E-state index contributed by atoms with van der Waals surface area (Å²) >= 11 is 0. The lowest BCUT2D eigenvalue weighted by molar-refractivity contribution is -0.148. The average molecular weight is 1100 g/mol. The summed E-state index contributed by atoms with van der Waals surface area (Å²) in [5.41, 5.74) is 22.2. The van der Waals surface area contributed by atoms with Crippen molar-refractivity contribution in [1.82, 2.24) is 20.0 Å². The van der Waals surface area contributed by atoms with E-state index in [0.717, 1.165) is 19.4 Å². The molecule has 2 aliphatic heterocycles. The number of amides is 3. The van der Waals surface area contributed by atoms with Gasteiger partial charge < -0.3 is 111 Å². The molecule has 3 amide bonds. The highest BCUT2D eigenvalue weighted by Crippen LogP contribution is 2.31. The molecule has 0 aromatic rings. The van der Waals surface area contributed by atoms with Crippen LogP contribution in [0.1, 0.15) is 40.0 Å². The van der Waals surface area contributed by atoms with E-state index in [1.165, 1.54) is 30.0 Å². The van der Waals surface area contributed by atoms with Crippen molar-refractivity contribution in [3.63, 3.8) is 0 Å². The second-order valence-corrected chi connectivity index (χ2v) is 17.7.